The first-order chi connectivity index (χ1) is 16.1. The Hall–Kier alpha value is -3.13. The Balaban J connectivity index is 0.00000265. The van der Waals surface area contributed by atoms with Gasteiger partial charge in [-0.1, -0.05) is 26.5 Å². The summed E-state index contributed by atoms with van der Waals surface area (Å²) in [6.07, 6.45) is 8.31. The number of alkyl halides is 1. The largest absolute Gasteiger partial charge is 0.370 e. The number of hydrogen-bond acceptors (Lipinski definition) is 7. The normalized spacial score (nSPS) is 13.0. The lowest BCUT2D eigenvalue weighted by molar-refractivity contribution is 0.332. The van der Waals surface area contributed by atoms with E-state index in [1.165, 1.54) is 0 Å². The first-order valence-corrected chi connectivity index (χ1v) is 11.6. The number of hydrogen-bond donors (Lipinski definition) is 3. The van der Waals surface area contributed by atoms with Crippen molar-refractivity contribution in [2.45, 2.75) is 39.0 Å². The summed E-state index contributed by atoms with van der Waals surface area (Å²) >= 11 is 5.95. The van der Waals surface area contributed by atoms with Crippen LogP contribution in [0.2, 0.25) is 0 Å². The summed E-state index contributed by atoms with van der Waals surface area (Å²) in [5.74, 6) is 1.46. The maximum Gasteiger partial charge on any atom is 0.154 e. The Labute approximate surface area is 203 Å². The zero-order chi connectivity index (χ0) is 24.5. The minimum Gasteiger partial charge on any atom is -0.370 e. The molecule has 0 aromatic carbocycles. The molecule has 180 valence electrons. The van der Waals surface area contributed by atoms with Crippen LogP contribution in [0.4, 0.5) is 0 Å². The van der Waals surface area contributed by atoms with Crippen molar-refractivity contribution in [1.82, 2.24) is 25.7 Å². The predicted octanol–water partition coefficient (Wildman–Crippen LogP) is 4.59. The molecule has 0 spiro atoms. The second-order valence-electron chi connectivity index (χ2n) is 7.05. The molecule has 1 aromatic heterocycles. The van der Waals surface area contributed by atoms with Gasteiger partial charge >= 0.3 is 0 Å². The van der Waals surface area contributed by atoms with Crippen LogP contribution >= 0.6 is 11.6 Å². The number of halogens is 1. The molecule has 1 aliphatic rings. The number of aliphatic imine (C=N–C) groups is 3. The van der Waals surface area contributed by atoms with E-state index in [2.05, 4.69) is 80.7 Å². The lowest BCUT2D eigenvalue weighted by Crippen LogP contribution is -2.31. The topological polar surface area (TPSA) is 93.1 Å². The summed E-state index contributed by atoms with van der Waals surface area (Å²) in [4.78, 5) is 15.5. The van der Waals surface area contributed by atoms with Gasteiger partial charge in [0.15, 0.2) is 5.82 Å². The second kappa shape index (κ2) is 16.5. The highest BCUT2D eigenvalue weighted by Crippen LogP contribution is 2.18. The molecule has 0 saturated carbocycles. The van der Waals surface area contributed by atoms with Gasteiger partial charge < -0.3 is 15.5 Å². The quantitative estimate of drug-likeness (QED) is 0.0819. The Kier molecular flexibility index (Phi) is 13.9. The van der Waals surface area contributed by atoms with Crippen molar-refractivity contribution >= 4 is 29.9 Å². The van der Waals surface area contributed by atoms with E-state index in [1.54, 1.807) is 12.4 Å². The number of nitrogens with one attached hydrogen (secondary N) is 3. The first-order valence-electron chi connectivity index (χ1n) is 11.1. The third kappa shape index (κ3) is 9.10. The number of amidine groups is 1. The van der Waals surface area contributed by atoms with E-state index in [-0.39, 0.29) is 6.00 Å². The van der Waals surface area contributed by atoms with Crippen molar-refractivity contribution in [2.24, 2.45) is 15.0 Å². The maximum absolute atomic E-state index is 5.95. The maximum atomic E-state index is 5.95. The Bertz CT molecular complexity index is 839. The van der Waals surface area contributed by atoms with Gasteiger partial charge in [-0.3, -0.25) is 10.1 Å². The molecule has 1 aromatic rings. The third-order valence-electron chi connectivity index (χ3n) is 4.89. The Morgan fingerprint density at radius 1 is 1.30 bits per heavy atom. The number of unbranched alkanes of at least 4 members (excludes halogenated alkanes) is 2. The zero-order valence-corrected chi connectivity index (χ0v) is 20.5. The van der Waals surface area contributed by atoms with Gasteiger partial charge in [-0.2, -0.15) is 5.10 Å². The molecule has 0 saturated heterocycles. The van der Waals surface area contributed by atoms with Crippen molar-refractivity contribution < 1.29 is 0 Å². The summed E-state index contributed by atoms with van der Waals surface area (Å²) in [6.45, 7) is 22.2. The molecule has 0 atom stereocenters. The molecule has 2 heterocycles. The standard InChI is InChI=1S/C22H33ClN8.C2H4/c1-5-7-13-31(17(3)21(27-16-23)22(24-4)25-6-2)14-9-8-10-20-26-15-19(29-20)18-11-12-28-30-18;1-2/h6,11-12,25,27H,2-5,7-10,13-16H2,1H3,(H,28,30);1-2H2/b22-21+;. The fourth-order valence-corrected chi connectivity index (χ4v) is 3.38. The number of aromatic nitrogens is 2. The van der Waals surface area contributed by atoms with Crippen molar-refractivity contribution in [2.75, 3.05) is 25.6 Å². The van der Waals surface area contributed by atoms with Crippen LogP contribution < -0.4 is 10.6 Å². The summed E-state index contributed by atoms with van der Waals surface area (Å²) in [7, 11) is 0. The van der Waals surface area contributed by atoms with Gasteiger partial charge in [0, 0.05) is 25.7 Å². The molecular weight excluding hydrogens is 436 g/mol. The minimum atomic E-state index is 0.240. The molecule has 0 aliphatic carbocycles. The smallest absolute Gasteiger partial charge is 0.154 e. The summed E-state index contributed by atoms with van der Waals surface area (Å²) in [5.41, 5.74) is 3.46. The predicted molar refractivity (Wildman–Crippen MR) is 142 cm³/mol. The van der Waals surface area contributed by atoms with Crippen LogP contribution in [0, 0.1) is 0 Å². The van der Waals surface area contributed by atoms with Gasteiger partial charge in [0.2, 0.25) is 0 Å². The van der Waals surface area contributed by atoms with Gasteiger partial charge in [-0.05, 0) is 38.2 Å². The van der Waals surface area contributed by atoms with Crippen LogP contribution in [-0.2, 0) is 0 Å². The average Bonchev–Trinajstić information content (AvgIpc) is 3.54. The number of aromatic amines is 1. The molecule has 8 nitrogen and oxygen atoms in total. The molecule has 0 bridgehead atoms. The van der Waals surface area contributed by atoms with Gasteiger partial charge in [-0.15, -0.1) is 24.8 Å². The van der Waals surface area contributed by atoms with Crippen molar-refractivity contribution in [3.05, 3.63) is 67.7 Å². The van der Waals surface area contributed by atoms with Crippen LogP contribution in [0.5, 0.6) is 0 Å². The Morgan fingerprint density at radius 3 is 2.67 bits per heavy atom. The van der Waals surface area contributed by atoms with E-state index in [9.17, 15) is 0 Å². The van der Waals surface area contributed by atoms with Crippen molar-refractivity contribution in [3.63, 3.8) is 0 Å². The lowest BCUT2D eigenvalue weighted by atomic mass is 10.2. The molecule has 9 heteroatoms. The number of nitrogens with zero attached hydrogens (tertiary/aromatic N) is 5. The molecule has 2 rings (SSSR count). The fraction of sp³-hybridized carbons (Fsp3) is 0.417. The van der Waals surface area contributed by atoms with Crippen molar-refractivity contribution in [1.29, 1.82) is 0 Å². The Morgan fingerprint density at radius 2 is 2.06 bits per heavy atom. The minimum absolute atomic E-state index is 0.240. The van der Waals surface area contributed by atoms with E-state index in [0.717, 1.165) is 73.8 Å². The summed E-state index contributed by atoms with van der Waals surface area (Å²) < 4.78 is 0. The van der Waals surface area contributed by atoms with Crippen LogP contribution in [0.3, 0.4) is 0 Å². The van der Waals surface area contributed by atoms with Gasteiger partial charge in [0.25, 0.3) is 0 Å². The van der Waals surface area contributed by atoms with Gasteiger partial charge in [-0.25, -0.2) is 9.98 Å². The summed E-state index contributed by atoms with van der Waals surface area (Å²) in [5, 5.41) is 13.1. The fourth-order valence-electron chi connectivity index (χ4n) is 3.25. The van der Waals surface area contributed by atoms with Crippen LogP contribution in [0.25, 0.3) is 0 Å². The number of H-pyrrole nitrogens is 1. The molecule has 33 heavy (non-hydrogen) atoms. The van der Waals surface area contributed by atoms with Crippen LogP contribution in [0.1, 0.15) is 44.7 Å². The van der Waals surface area contributed by atoms with Gasteiger partial charge in [0.1, 0.15) is 11.5 Å². The molecule has 0 amide bonds. The number of rotatable bonds is 16. The molecular formula is C24H37ClN8. The van der Waals surface area contributed by atoms with Crippen LogP contribution in [-0.4, -0.2) is 59.0 Å². The second-order valence-corrected chi connectivity index (χ2v) is 7.31. The molecule has 0 fully saturated rings. The van der Waals surface area contributed by atoms with E-state index in [4.69, 9.17) is 11.6 Å². The van der Waals surface area contributed by atoms with E-state index in [1.807, 2.05) is 6.07 Å². The highest BCUT2D eigenvalue weighted by Gasteiger charge is 2.16. The lowest BCUT2D eigenvalue weighted by Gasteiger charge is -2.29. The van der Waals surface area contributed by atoms with E-state index < -0.39 is 0 Å². The first kappa shape index (κ1) is 27.9. The average molecular weight is 473 g/mol. The van der Waals surface area contributed by atoms with Crippen LogP contribution in [0.15, 0.2) is 77.0 Å². The van der Waals surface area contributed by atoms with E-state index >= 15 is 0 Å². The highest BCUT2D eigenvalue weighted by atomic mass is 35.5. The molecule has 1 aliphatic heterocycles. The van der Waals surface area contributed by atoms with E-state index in [0.29, 0.717) is 12.4 Å². The summed E-state index contributed by atoms with van der Waals surface area (Å²) in [6, 6.07) is 2.16. The third-order valence-corrected chi connectivity index (χ3v) is 5.03. The van der Waals surface area contributed by atoms with Crippen molar-refractivity contribution in [3.8, 4) is 0 Å². The molecule has 0 radical (unpaired) electrons. The molecule has 3 N–H and O–H groups in total. The SMILES string of the molecule is C=C.C=CN/C(N=C)=C(/NCCl)C(=C)N(CCCC)CCCCC1=NCC(c2ccn[nH]2)=N1. The monoisotopic (exact) mass is 472 g/mol. The highest BCUT2D eigenvalue weighted by molar-refractivity contribution is 6.17. The zero-order valence-electron chi connectivity index (χ0n) is 19.7. The molecule has 0 unspecified atom stereocenters. The van der Waals surface area contributed by atoms with Gasteiger partial charge in [0.05, 0.1) is 29.7 Å².